The van der Waals surface area contributed by atoms with Gasteiger partial charge in [-0.25, -0.2) is 9.97 Å². The van der Waals surface area contributed by atoms with E-state index in [4.69, 9.17) is 9.97 Å². The summed E-state index contributed by atoms with van der Waals surface area (Å²) in [5, 5.41) is 11.6. The van der Waals surface area contributed by atoms with Crippen LogP contribution in [0.15, 0.2) is 73.4 Å². The minimum Gasteiger partial charge on any atom is -0.370 e. The number of benzene rings is 2. The molecule has 2 aromatic carbocycles. The van der Waals surface area contributed by atoms with Gasteiger partial charge in [-0.05, 0) is 73.7 Å². The molecule has 4 aromatic rings. The first-order valence-electron chi connectivity index (χ1n) is 19.4. The number of carbonyl (C=O) groups excluding carboxylic acids is 5. The predicted molar refractivity (Wildman–Crippen MR) is 213 cm³/mol. The number of anilines is 6. The zero-order chi connectivity index (χ0) is 39.4. The Labute approximate surface area is 328 Å². The molecule has 3 fully saturated rings. The van der Waals surface area contributed by atoms with E-state index in [1.54, 1.807) is 18.2 Å². The lowest BCUT2D eigenvalue weighted by atomic mass is 9.72. The van der Waals surface area contributed by atoms with Crippen LogP contribution in [0.25, 0.3) is 0 Å². The van der Waals surface area contributed by atoms with Crippen LogP contribution in [0.1, 0.15) is 80.9 Å². The van der Waals surface area contributed by atoms with Crippen molar-refractivity contribution < 1.29 is 24.0 Å². The number of pyridine rings is 1. The van der Waals surface area contributed by atoms with Crippen LogP contribution < -0.4 is 31.1 Å². The van der Waals surface area contributed by atoms with Crippen LogP contribution in [-0.4, -0.2) is 88.2 Å². The lowest BCUT2D eigenvalue weighted by Gasteiger charge is -2.61. The van der Waals surface area contributed by atoms with E-state index in [0.717, 1.165) is 67.4 Å². The van der Waals surface area contributed by atoms with Gasteiger partial charge in [0.25, 0.3) is 17.7 Å². The first-order valence-corrected chi connectivity index (χ1v) is 19.4. The van der Waals surface area contributed by atoms with Crippen molar-refractivity contribution in [2.75, 3.05) is 53.2 Å². The molecule has 5 aliphatic rings. The van der Waals surface area contributed by atoms with E-state index >= 15 is 0 Å². The lowest BCUT2D eigenvalue weighted by molar-refractivity contribution is -0.136. The third-order valence-electron chi connectivity index (χ3n) is 11.7. The highest BCUT2D eigenvalue weighted by atomic mass is 16.2. The minimum absolute atomic E-state index is 0.0523. The smallest absolute Gasteiger partial charge is 0.264 e. The maximum absolute atomic E-state index is 13.6. The number of hydrogen-bond acceptors (Lipinski definition) is 12. The minimum atomic E-state index is -0.998. The molecule has 9 rings (SSSR count). The molecule has 5 amide bonds. The summed E-state index contributed by atoms with van der Waals surface area (Å²) < 4.78 is 0. The largest absolute Gasteiger partial charge is 0.370 e. The number of aryl methyl sites for hydroxylation is 1. The van der Waals surface area contributed by atoms with Gasteiger partial charge in [0.2, 0.25) is 17.8 Å². The monoisotopic (exact) mass is 766 g/mol. The fourth-order valence-corrected chi connectivity index (χ4v) is 8.81. The van der Waals surface area contributed by atoms with Gasteiger partial charge in [0.1, 0.15) is 23.2 Å². The zero-order valence-electron chi connectivity index (χ0n) is 31.5. The van der Waals surface area contributed by atoms with Gasteiger partial charge in [-0.15, -0.1) is 6.58 Å². The number of nitrogens with one attached hydrogen (secondary N) is 4. The Kier molecular flexibility index (Phi) is 8.94. The number of aromatic nitrogens is 3. The maximum atomic E-state index is 13.6. The molecule has 290 valence electrons. The zero-order valence-corrected chi connectivity index (χ0v) is 31.5. The second-order valence-electron chi connectivity index (χ2n) is 15.5. The van der Waals surface area contributed by atoms with Gasteiger partial charge in [-0.2, -0.15) is 4.98 Å². The van der Waals surface area contributed by atoms with Crippen LogP contribution in [-0.2, 0) is 16.0 Å². The third-order valence-corrected chi connectivity index (χ3v) is 11.7. The van der Waals surface area contributed by atoms with Gasteiger partial charge in [0, 0.05) is 73.7 Å². The van der Waals surface area contributed by atoms with E-state index < -0.39 is 29.7 Å². The summed E-state index contributed by atoms with van der Waals surface area (Å²) in [6.07, 6.45) is 6.45. The van der Waals surface area contributed by atoms with Crippen LogP contribution in [0.5, 0.6) is 0 Å². The predicted octanol–water partition coefficient (Wildman–Crippen LogP) is 4.44. The summed E-state index contributed by atoms with van der Waals surface area (Å²) in [7, 11) is 0. The number of imide groups is 2. The number of piperidine rings is 1. The highest BCUT2D eigenvalue weighted by molar-refractivity contribution is 6.25. The molecule has 15 nitrogen and oxygen atoms in total. The molecular formula is C42H42N10O5. The Morgan fingerprint density at radius 1 is 0.930 bits per heavy atom. The topological polar surface area (TPSA) is 182 Å². The molecule has 0 radical (unpaired) electrons. The Morgan fingerprint density at radius 2 is 1.72 bits per heavy atom. The Hall–Kier alpha value is -6.64. The first kappa shape index (κ1) is 36.0. The molecule has 4 aliphatic heterocycles. The number of nitrogens with zero attached hydrogens (tertiary/aromatic N) is 6. The van der Waals surface area contributed by atoms with Crippen molar-refractivity contribution in [2.45, 2.75) is 51.0 Å². The standard InChI is InChI=1S/C42H42N10O5/c1-3-18-43-37(54)29-19-44-41(49-36(29)47-32-16-10-25-9-8-24(4-2)35(25)46-32)45-26-11-13-27(14-12-26)50-20-42(21-50)22-51(23-42)30-7-5-6-28-34(30)40(57)52(39(28)56)31-15-17-33(53)48-38(31)55/h3,5-7,10-14,16,19,24,31H,1,4,8-9,15,17-18,20-23H2,2H3,(H,43,54)(H,48,53,55)(H2,44,45,46,47,49). The van der Waals surface area contributed by atoms with Crippen molar-refractivity contribution in [3.8, 4) is 0 Å². The summed E-state index contributed by atoms with van der Waals surface area (Å²) in [4.78, 5) is 83.7. The SMILES string of the molecule is C=CCNC(=O)c1cnc(Nc2ccc(N3CC4(C3)CN(c3cccc5c3C(=O)N(C3CCC(=O)NC3=O)C5=O)C4)cc2)nc1Nc1ccc2c(n1)C(CC)CC2. The summed E-state index contributed by atoms with van der Waals surface area (Å²) in [6.45, 7) is 9.31. The van der Waals surface area contributed by atoms with E-state index in [9.17, 15) is 24.0 Å². The van der Waals surface area contributed by atoms with Gasteiger partial charge >= 0.3 is 0 Å². The molecule has 2 atom stereocenters. The molecule has 1 spiro atoms. The average Bonchev–Trinajstić information content (AvgIpc) is 3.70. The van der Waals surface area contributed by atoms with Crippen molar-refractivity contribution >= 4 is 64.2 Å². The van der Waals surface area contributed by atoms with Gasteiger partial charge in [0.15, 0.2) is 0 Å². The van der Waals surface area contributed by atoms with E-state index in [0.29, 0.717) is 46.9 Å². The fraction of sp³-hybridized carbons (Fsp3) is 0.333. The molecule has 57 heavy (non-hydrogen) atoms. The normalized spacial score (nSPS) is 20.4. The molecule has 0 bridgehead atoms. The first-order chi connectivity index (χ1) is 27.6. The van der Waals surface area contributed by atoms with Crippen molar-refractivity contribution in [2.24, 2.45) is 5.41 Å². The highest BCUT2D eigenvalue weighted by Crippen LogP contribution is 2.46. The summed E-state index contributed by atoms with van der Waals surface area (Å²) >= 11 is 0. The van der Waals surface area contributed by atoms with Gasteiger partial charge in [-0.3, -0.25) is 34.2 Å². The van der Waals surface area contributed by atoms with Crippen LogP contribution in [0.3, 0.4) is 0 Å². The Bertz CT molecular complexity index is 2350. The Morgan fingerprint density at radius 3 is 2.47 bits per heavy atom. The van der Waals surface area contributed by atoms with Crippen LogP contribution in [0.4, 0.5) is 34.6 Å². The molecule has 15 heteroatoms. The average molecular weight is 767 g/mol. The van der Waals surface area contributed by atoms with E-state index in [1.807, 2.05) is 36.4 Å². The van der Waals surface area contributed by atoms with Crippen LogP contribution in [0.2, 0.25) is 0 Å². The van der Waals surface area contributed by atoms with E-state index in [1.165, 1.54) is 11.8 Å². The van der Waals surface area contributed by atoms with Crippen molar-refractivity contribution in [1.82, 2.24) is 30.5 Å². The summed E-state index contributed by atoms with van der Waals surface area (Å²) in [6, 6.07) is 16.3. The van der Waals surface area contributed by atoms with Crippen LogP contribution in [0, 0.1) is 5.41 Å². The lowest BCUT2D eigenvalue weighted by Crippen LogP contribution is -2.72. The third kappa shape index (κ3) is 6.42. The molecule has 1 aliphatic carbocycles. The fourth-order valence-electron chi connectivity index (χ4n) is 8.81. The van der Waals surface area contributed by atoms with Crippen molar-refractivity contribution in [3.05, 3.63) is 101 Å². The molecule has 4 N–H and O–H groups in total. The highest BCUT2D eigenvalue weighted by Gasteiger charge is 2.54. The maximum Gasteiger partial charge on any atom is 0.264 e. The molecule has 3 saturated heterocycles. The molecule has 2 aromatic heterocycles. The van der Waals surface area contributed by atoms with Gasteiger partial charge in [0.05, 0.1) is 16.8 Å². The van der Waals surface area contributed by atoms with Crippen molar-refractivity contribution in [3.63, 3.8) is 0 Å². The summed E-state index contributed by atoms with van der Waals surface area (Å²) in [5.41, 5.74) is 5.86. The van der Waals surface area contributed by atoms with E-state index in [2.05, 4.69) is 55.6 Å². The molecular weight excluding hydrogens is 725 g/mol. The van der Waals surface area contributed by atoms with Gasteiger partial charge in [-0.1, -0.05) is 25.1 Å². The molecule has 2 unspecified atom stereocenters. The van der Waals surface area contributed by atoms with Gasteiger partial charge < -0.3 is 25.8 Å². The summed E-state index contributed by atoms with van der Waals surface area (Å²) in [5.74, 6) is -0.632. The number of rotatable bonds is 11. The number of fused-ring (bicyclic) bond motifs is 2. The number of hydrogen-bond donors (Lipinski definition) is 4. The van der Waals surface area contributed by atoms with Crippen LogP contribution >= 0.6 is 0 Å². The van der Waals surface area contributed by atoms with Crippen molar-refractivity contribution in [1.29, 1.82) is 0 Å². The number of amides is 5. The molecule has 6 heterocycles. The van der Waals surface area contributed by atoms with E-state index in [-0.39, 0.29) is 29.7 Å². The molecule has 0 saturated carbocycles. The second kappa shape index (κ2) is 14.1. The quantitative estimate of drug-likeness (QED) is 0.125. The Balaban J connectivity index is 0.843. The second-order valence-corrected chi connectivity index (χ2v) is 15.5. The number of carbonyl (C=O) groups is 5.